The van der Waals surface area contributed by atoms with E-state index in [0.29, 0.717) is 23.4 Å². The molecule has 0 spiro atoms. The zero-order valence-corrected chi connectivity index (χ0v) is 17.6. The van der Waals surface area contributed by atoms with Crippen molar-refractivity contribution in [2.75, 3.05) is 11.9 Å². The molecule has 0 saturated carbocycles. The Hall–Kier alpha value is -3.19. The molecule has 146 valence electrons. The Kier molecular flexibility index (Phi) is 5.31. The van der Waals surface area contributed by atoms with Gasteiger partial charge < -0.3 is 10.1 Å². The number of benzene rings is 3. The van der Waals surface area contributed by atoms with Crippen LogP contribution in [0.2, 0.25) is 0 Å². The third-order valence-electron chi connectivity index (χ3n) is 4.44. The number of nitrogens with one attached hydrogen (secondary N) is 1. The van der Waals surface area contributed by atoms with Gasteiger partial charge in [-0.2, -0.15) is 4.80 Å². The van der Waals surface area contributed by atoms with Gasteiger partial charge in [0.1, 0.15) is 16.8 Å². The third-order valence-corrected chi connectivity index (χ3v) is 4.93. The Morgan fingerprint density at radius 3 is 2.48 bits per heavy atom. The first kappa shape index (κ1) is 19.1. The van der Waals surface area contributed by atoms with Crippen LogP contribution in [0.15, 0.2) is 65.1 Å². The van der Waals surface area contributed by atoms with Crippen molar-refractivity contribution in [3.63, 3.8) is 0 Å². The van der Waals surface area contributed by atoms with Crippen LogP contribution in [0.1, 0.15) is 22.8 Å². The van der Waals surface area contributed by atoms with Gasteiger partial charge in [0.2, 0.25) is 0 Å². The Balaban J connectivity index is 1.62. The quantitative estimate of drug-likeness (QED) is 0.456. The highest BCUT2D eigenvalue weighted by Gasteiger charge is 2.12. The fourth-order valence-electron chi connectivity index (χ4n) is 2.98. The van der Waals surface area contributed by atoms with E-state index in [1.165, 1.54) is 0 Å². The van der Waals surface area contributed by atoms with Crippen LogP contribution in [-0.2, 0) is 0 Å². The second-order valence-electron chi connectivity index (χ2n) is 6.54. The molecule has 0 atom stereocenters. The lowest BCUT2D eigenvalue weighted by atomic mass is 10.1. The summed E-state index contributed by atoms with van der Waals surface area (Å²) in [5, 5.41) is 12.1. The second-order valence-corrected chi connectivity index (χ2v) is 7.45. The summed E-state index contributed by atoms with van der Waals surface area (Å²) in [6, 6.07) is 18.6. The number of halogens is 1. The molecule has 6 nitrogen and oxygen atoms in total. The molecule has 1 amide bonds. The van der Waals surface area contributed by atoms with Crippen LogP contribution in [0.5, 0.6) is 5.75 Å². The van der Waals surface area contributed by atoms with E-state index in [0.717, 1.165) is 27.0 Å². The van der Waals surface area contributed by atoms with E-state index in [2.05, 4.69) is 31.4 Å². The number of ether oxygens (including phenoxy) is 1. The first-order valence-corrected chi connectivity index (χ1v) is 10.0. The van der Waals surface area contributed by atoms with Gasteiger partial charge in [-0.1, -0.05) is 22.0 Å². The number of aryl methyl sites for hydroxylation is 1. The summed E-state index contributed by atoms with van der Waals surface area (Å²) in [5.74, 6) is 0.633. The number of carbonyl (C=O) groups is 1. The highest BCUT2D eigenvalue weighted by Crippen LogP contribution is 2.24. The van der Waals surface area contributed by atoms with Gasteiger partial charge in [0.05, 0.1) is 12.3 Å². The third kappa shape index (κ3) is 4.14. The average Bonchev–Trinajstić information content (AvgIpc) is 3.11. The fourth-order valence-corrected chi connectivity index (χ4v) is 3.38. The van der Waals surface area contributed by atoms with Crippen molar-refractivity contribution in [2.45, 2.75) is 13.8 Å². The molecule has 0 aliphatic heterocycles. The summed E-state index contributed by atoms with van der Waals surface area (Å²) in [6.07, 6.45) is 0. The zero-order valence-electron chi connectivity index (χ0n) is 16.0. The van der Waals surface area contributed by atoms with E-state index < -0.39 is 0 Å². The van der Waals surface area contributed by atoms with Crippen LogP contribution in [0.25, 0.3) is 16.7 Å². The predicted molar refractivity (Wildman–Crippen MR) is 117 cm³/mol. The highest BCUT2D eigenvalue weighted by atomic mass is 79.9. The number of carbonyl (C=O) groups excluding carboxylic acids is 1. The smallest absolute Gasteiger partial charge is 0.255 e. The van der Waals surface area contributed by atoms with Gasteiger partial charge in [-0.05, 0) is 74.0 Å². The molecule has 3 aromatic carbocycles. The van der Waals surface area contributed by atoms with Crippen molar-refractivity contribution in [1.29, 1.82) is 0 Å². The number of nitrogens with zero attached hydrogens (tertiary/aromatic N) is 3. The lowest BCUT2D eigenvalue weighted by Crippen LogP contribution is -2.12. The summed E-state index contributed by atoms with van der Waals surface area (Å²) in [7, 11) is 0. The van der Waals surface area contributed by atoms with Gasteiger partial charge in [0.25, 0.3) is 5.91 Å². The summed E-state index contributed by atoms with van der Waals surface area (Å²) in [4.78, 5) is 14.2. The van der Waals surface area contributed by atoms with Crippen molar-refractivity contribution in [3.8, 4) is 11.4 Å². The van der Waals surface area contributed by atoms with Crippen molar-refractivity contribution >= 4 is 38.6 Å². The molecule has 1 N–H and O–H groups in total. The Morgan fingerprint density at radius 2 is 1.79 bits per heavy atom. The number of hydrogen-bond acceptors (Lipinski definition) is 4. The number of aromatic nitrogens is 3. The minimum Gasteiger partial charge on any atom is -0.494 e. The van der Waals surface area contributed by atoms with Crippen LogP contribution < -0.4 is 10.1 Å². The summed E-state index contributed by atoms with van der Waals surface area (Å²) in [6.45, 7) is 4.51. The van der Waals surface area contributed by atoms with Gasteiger partial charge in [-0.3, -0.25) is 4.79 Å². The van der Waals surface area contributed by atoms with Crippen LogP contribution in [0.4, 0.5) is 5.69 Å². The number of rotatable bonds is 5. The molecule has 29 heavy (non-hydrogen) atoms. The number of fused-ring (bicyclic) bond motifs is 1. The Bertz CT molecular complexity index is 1190. The van der Waals surface area contributed by atoms with Crippen LogP contribution in [0, 0.1) is 6.92 Å². The normalized spacial score (nSPS) is 10.9. The molecule has 1 heterocycles. The van der Waals surface area contributed by atoms with Gasteiger partial charge in [-0.15, -0.1) is 10.2 Å². The molecule has 0 bridgehead atoms. The SMILES string of the molecule is CCOc1ccc(-n2nc3cc(C)c(NC(=O)c4cccc(Br)c4)cc3n2)cc1. The maximum absolute atomic E-state index is 12.6. The standard InChI is InChI=1S/C22H19BrN4O2/c1-3-29-18-9-7-17(8-10-18)27-25-20-11-14(2)19(13-21(20)26-27)24-22(28)15-5-4-6-16(23)12-15/h4-13H,3H2,1-2H3,(H,24,28). The number of anilines is 1. The van der Waals surface area contributed by atoms with E-state index in [4.69, 9.17) is 4.74 Å². The van der Waals surface area contributed by atoms with Gasteiger partial charge in [0.15, 0.2) is 0 Å². The molecule has 0 aliphatic rings. The molecular formula is C22H19BrN4O2. The van der Waals surface area contributed by atoms with Crippen molar-refractivity contribution in [2.24, 2.45) is 0 Å². The molecule has 0 unspecified atom stereocenters. The number of hydrogen-bond donors (Lipinski definition) is 1. The molecule has 0 radical (unpaired) electrons. The average molecular weight is 451 g/mol. The zero-order chi connectivity index (χ0) is 20.4. The summed E-state index contributed by atoms with van der Waals surface area (Å²) < 4.78 is 6.33. The highest BCUT2D eigenvalue weighted by molar-refractivity contribution is 9.10. The van der Waals surface area contributed by atoms with Crippen LogP contribution >= 0.6 is 15.9 Å². The summed E-state index contributed by atoms with van der Waals surface area (Å²) >= 11 is 3.39. The van der Waals surface area contributed by atoms with E-state index in [9.17, 15) is 4.79 Å². The molecule has 1 aromatic heterocycles. The van der Waals surface area contributed by atoms with E-state index >= 15 is 0 Å². The van der Waals surface area contributed by atoms with Crippen molar-refractivity contribution in [3.05, 3.63) is 76.3 Å². The van der Waals surface area contributed by atoms with E-state index in [1.807, 2.05) is 62.4 Å². The first-order valence-electron chi connectivity index (χ1n) is 9.21. The topological polar surface area (TPSA) is 69.0 Å². The summed E-state index contributed by atoms with van der Waals surface area (Å²) in [5.41, 5.74) is 4.51. The number of amides is 1. The second kappa shape index (κ2) is 8.05. The largest absolute Gasteiger partial charge is 0.494 e. The lowest BCUT2D eigenvalue weighted by molar-refractivity contribution is 0.102. The lowest BCUT2D eigenvalue weighted by Gasteiger charge is -2.08. The Labute approximate surface area is 176 Å². The van der Waals surface area contributed by atoms with Crippen molar-refractivity contribution < 1.29 is 9.53 Å². The maximum atomic E-state index is 12.6. The molecule has 0 fully saturated rings. The maximum Gasteiger partial charge on any atom is 0.255 e. The van der Waals surface area contributed by atoms with Crippen LogP contribution in [-0.4, -0.2) is 27.5 Å². The molecule has 7 heteroatoms. The van der Waals surface area contributed by atoms with Gasteiger partial charge in [0, 0.05) is 15.7 Å². The predicted octanol–water partition coefficient (Wildman–Crippen LogP) is 5.14. The molecule has 0 saturated heterocycles. The first-order chi connectivity index (χ1) is 14.0. The van der Waals surface area contributed by atoms with E-state index in [-0.39, 0.29) is 5.91 Å². The molecule has 0 aliphatic carbocycles. The molecule has 4 rings (SSSR count). The van der Waals surface area contributed by atoms with Gasteiger partial charge in [-0.25, -0.2) is 0 Å². The monoisotopic (exact) mass is 450 g/mol. The Morgan fingerprint density at radius 1 is 1.07 bits per heavy atom. The van der Waals surface area contributed by atoms with Crippen LogP contribution in [0.3, 0.4) is 0 Å². The van der Waals surface area contributed by atoms with Crippen molar-refractivity contribution in [1.82, 2.24) is 15.0 Å². The molecular weight excluding hydrogens is 432 g/mol. The van der Waals surface area contributed by atoms with Gasteiger partial charge >= 0.3 is 0 Å². The minimum atomic E-state index is -0.173. The van der Waals surface area contributed by atoms with E-state index in [1.54, 1.807) is 16.9 Å². The fraction of sp³-hybridized carbons (Fsp3) is 0.136. The molecule has 4 aromatic rings. The minimum absolute atomic E-state index is 0.173.